The average molecular weight is 389 g/mol. The van der Waals surface area contributed by atoms with Gasteiger partial charge in [0.25, 0.3) is 5.91 Å². The maximum atomic E-state index is 11.7. The Hall–Kier alpha value is -2.28. The molecule has 0 bridgehead atoms. The Bertz CT molecular complexity index is 699. The van der Waals surface area contributed by atoms with Crippen molar-refractivity contribution in [2.45, 2.75) is 26.3 Å². The number of aliphatic imine (C=N–C) groups is 1. The van der Waals surface area contributed by atoms with Crippen LogP contribution in [0.5, 0.6) is 5.75 Å². The fraction of sp³-hybridized carbons (Fsp3) is 0.619. The summed E-state index contributed by atoms with van der Waals surface area (Å²) >= 11 is 0. The van der Waals surface area contributed by atoms with Crippen molar-refractivity contribution in [2.75, 3.05) is 53.6 Å². The zero-order valence-electron chi connectivity index (χ0n) is 17.2. The van der Waals surface area contributed by atoms with Crippen molar-refractivity contribution in [2.24, 2.45) is 10.4 Å². The Morgan fingerprint density at radius 1 is 1.39 bits per heavy atom. The molecule has 2 saturated heterocycles. The van der Waals surface area contributed by atoms with Crippen LogP contribution in [0.15, 0.2) is 29.3 Å². The number of amides is 1. The lowest BCUT2D eigenvalue weighted by Crippen LogP contribution is -2.41. The van der Waals surface area contributed by atoms with Crippen molar-refractivity contribution in [3.05, 3.63) is 29.8 Å². The molecular weight excluding hydrogens is 356 g/mol. The van der Waals surface area contributed by atoms with Crippen molar-refractivity contribution < 1.29 is 14.3 Å². The van der Waals surface area contributed by atoms with E-state index >= 15 is 0 Å². The van der Waals surface area contributed by atoms with E-state index in [1.807, 2.05) is 24.3 Å². The third-order valence-electron chi connectivity index (χ3n) is 5.43. The molecule has 1 unspecified atom stereocenters. The average Bonchev–Trinajstić information content (AvgIpc) is 3.33. The van der Waals surface area contributed by atoms with Crippen molar-refractivity contribution in [3.8, 4) is 5.75 Å². The molecule has 7 nitrogen and oxygen atoms in total. The number of nitrogens with zero attached hydrogens (tertiary/aromatic N) is 3. The number of carbonyl (C=O) groups excluding carboxylic acids is 1. The van der Waals surface area contributed by atoms with Crippen LogP contribution >= 0.6 is 0 Å². The Labute approximate surface area is 167 Å². The molecule has 0 saturated carbocycles. The largest absolute Gasteiger partial charge is 0.484 e. The molecular formula is C21H32N4O3. The third kappa shape index (κ3) is 5.16. The molecule has 1 aromatic rings. The summed E-state index contributed by atoms with van der Waals surface area (Å²) < 4.78 is 11.2. The normalized spacial score (nSPS) is 22.0. The molecule has 1 N–H and O–H groups in total. The standard InChI is InChI=1S/C21H32N4O3/c1-4-22-20(25-10-8-21(15-25)9-11-27-16-21)23-13-17-6-5-7-18(12-17)28-14-19(26)24(2)3/h5-7,12H,4,8-11,13-16H2,1-3H3,(H,22,23). The van der Waals surface area contributed by atoms with Crippen LogP contribution in [0.2, 0.25) is 0 Å². The van der Waals surface area contributed by atoms with Crippen LogP contribution in [-0.2, 0) is 16.1 Å². The summed E-state index contributed by atoms with van der Waals surface area (Å²) in [6, 6.07) is 7.79. The van der Waals surface area contributed by atoms with Gasteiger partial charge in [0.2, 0.25) is 0 Å². The molecule has 1 aromatic carbocycles. The Kier molecular flexibility index (Phi) is 6.78. The molecule has 7 heteroatoms. The number of rotatable bonds is 6. The van der Waals surface area contributed by atoms with Gasteiger partial charge in [-0.2, -0.15) is 0 Å². The molecule has 2 heterocycles. The van der Waals surface area contributed by atoms with Crippen molar-refractivity contribution in [1.82, 2.24) is 15.1 Å². The molecule has 0 aromatic heterocycles. The number of likely N-dealkylation sites (tertiary alicyclic amines) is 1. The van der Waals surface area contributed by atoms with E-state index in [1.54, 1.807) is 14.1 Å². The van der Waals surface area contributed by atoms with E-state index in [0.29, 0.717) is 17.7 Å². The molecule has 0 aliphatic carbocycles. The van der Waals surface area contributed by atoms with E-state index in [-0.39, 0.29) is 12.5 Å². The lowest BCUT2D eigenvalue weighted by Gasteiger charge is -2.25. The van der Waals surface area contributed by atoms with E-state index in [1.165, 1.54) is 11.3 Å². The predicted octanol–water partition coefficient (Wildman–Crippen LogP) is 1.73. The molecule has 154 valence electrons. The molecule has 3 rings (SSSR count). The zero-order valence-corrected chi connectivity index (χ0v) is 17.2. The number of carbonyl (C=O) groups is 1. The van der Waals surface area contributed by atoms with E-state index in [9.17, 15) is 4.79 Å². The van der Waals surface area contributed by atoms with Gasteiger partial charge < -0.3 is 24.6 Å². The van der Waals surface area contributed by atoms with Crippen LogP contribution in [0.1, 0.15) is 25.3 Å². The predicted molar refractivity (Wildman–Crippen MR) is 110 cm³/mol. The summed E-state index contributed by atoms with van der Waals surface area (Å²) in [5.41, 5.74) is 1.37. The first-order chi connectivity index (χ1) is 13.5. The highest BCUT2D eigenvalue weighted by molar-refractivity contribution is 5.80. The summed E-state index contributed by atoms with van der Waals surface area (Å²) in [6.07, 6.45) is 2.31. The number of ether oxygens (including phenoxy) is 2. The van der Waals surface area contributed by atoms with E-state index in [2.05, 4.69) is 17.1 Å². The number of likely N-dealkylation sites (N-methyl/N-ethyl adjacent to an activating group) is 1. The molecule has 1 spiro atoms. The minimum atomic E-state index is -0.0586. The molecule has 1 amide bonds. The second kappa shape index (κ2) is 9.28. The third-order valence-corrected chi connectivity index (χ3v) is 5.43. The molecule has 2 aliphatic heterocycles. The number of nitrogens with one attached hydrogen (secondary N) is 1. The van der Waals surface area contributed by atoms with Gasteiger partial charge in [0.15, 0.2) is 12.6 Å². The lowest BCUT2D eigenvalue weighted by atomic mass is 9.87. The summed E-state index contributed by atoms with van der Waals surface area (Å²) in [5.74, 6) is 1.59. The smallest absolute Gasteiger partial charge is 0.259 e. The van der Waals surface area contributed by atoms with Gasteiger partial charge in [-0.15, -0.1) is 0 Å². The molecule has 1 atom stereocenters. The second-order valence-corrected chi connectivity index (χ2v) is 7.87. The van der Waals surface area contributed by atoms with Gasteiger partial charge in [0.05, 0.1) is 13.2 Å². The van der Waals surface area contributed by atoms with Crippen molar-refractivity contribution in [1.29, 1.82) is 0 Å². The number of hydrogen-bond acceptors (Lipinski definition) is 4. The highest BCUT2D eigenvalue weighted by Crippen LogP contribution is 2.38. The van der Waals surface area contributed by atoms with Crippen LogP contribution in [0, 0.1) is 5.41 Å². The monoisotopic (exact) mass is 388 g/mol. The van der Waals surface area contributed by atoms with Gasteiger partial charge in [0.1, 0.15) is 5.75 Å². The van der Waals surface area contributed by atoms with Gasteiger partial charge in [-0.1, -0.05) is 12.1 Å². The topological polar surface area (TPSA) is 66.4 Å². The summed E-state index contributed by atoms with van der Waals surface area (Å²) in [7, 11) is 3.44. The van der Waals surface area contributed by atoms with Gasteiger partial charge in [0, 0.05) is 45.8 Å². The maximum absolute atomic E-state index is 11.7. The minimum absolute atomic E-state index is 0.0420. The molecule has 28 heavy (non-hydrogen) atoms. The first-order valence-electron chi connectivity index (χ1n) is 10.0. The first-order valence-corrected chi connectivity index (χ1v) is 10.0. The van der Waals surface area contributed by atoms with Crippen LogP contribution in [0.25, 0.3) is 0 Å². The van der Waals surface area contributed by atoms with E-state index < -0.39 is 0 Å². The van der Waals surface area contributed by atoms with Crippen LogP contribution in [0.3, 0.4) is 0 Å². The maximum Gasteiger partial charge on any atom is 0.259 e. The summed E-state index contributed by atoms with van der Waals surface area (Å²) in [6.45, 7) is 7.32. The van der Waals surface area contributed by atoms with Gasteiger partial charge in [-0.05, 0) is 37.5 Å². The highest BCUT2D eigenvalue weighted by atomic mass is 16.5. The number of guanidine groups is 1. The molecule has 2 aliphatic rings. The van der Waals surface area contributed by atoms with E-state index in [4.69, 9.17) is 14.5 Å². The minimum Gasteiger partial charge on any atom is -0.484 e. The second-order valence-electron chi connectivity index (χ2n) is 7.87. The number of benzene rings is 1. The zero-order chi connectivity index (χ0) is 20.0. The highest BCUT2D eigenvalue weighted by Gasteiger charge is 2.42. The van der Waals surface area contributed by atoms with Crippen LogP contribution < -0.4 is 10.1 Å². The van der Waals surface area contributed by atoms with Gasteiger partial charge >= 0.3 is 0 Å². The SMILES string of the molecule is CCNC(=NCc1cccc(OCC(=O)N(C)C)c1)N1CCC2(CCOC2)C1. The molecule has 2 fully saturated rings. The summed E-state index contributed by atoms with van der Waals surface area (Å²) in [5, 5.41) is 3.42. The Balaban J connectivity index is 1.61. The summed E-state index contributed by atoms with van der Waals surface area (Å²) in [4.78, 5) is 20.4. The Morgan fingerprint density at radius 2 is 2.25 bits per heavy atom. The van der Waals surface area contributed by atoms with Crippen molar-refractivity contribution >= 4 is 11.9 Å². The van der Waals surface area contributed by atoms with Gasteiger partial charge in [-0.25, -0.2) is 4.99 Å². The van der Waals surface area contributed by atoms with Crippen molar-refractivity contribution in [3.63, 3.8) is 0 Å². The van der Waals surface area contributed by atoms with E-state index in [0.717, 1.165) is 50.8 Å². The van der Waals surface area contributed by atoms with Gasteiger partial charge in [-0.3, -0.25) is 4.79 Å². The number of hydrogen-bond donors (Lipinski definition) is 1. The quantitative estimate of drug-likeness (QED) is 0.594. The fourth-order valence-electron chi connectivity index (χ4n) is 3.69. The molecule has 0 radical (unpaired) electrons. The van der Waals surface area contributed by atoms with Crippen LogP contribution in [0.4, 0.5) is 0 Å². The van der Waals surface area contributed by atoms with Crippen LogP contribution in [-0.4, -0.2) is 75.2 Å². The Morgan fingerprint density at radius 3 is 2.96 bits per heavy atom. The fourth-order valence-corrected chi connectivity index (χ4v) is 3.69. The first kappa shape index (κ1) is 20.5. The lowest BCUT2D eigenvalue weighted by molar-refractivity contribution is -0.130.